The molecule has 2 N–H and O–H groups in total. The van der Waals surface area contributed by atoms with Gasteiger partial charge in [0.1, 0.15) is 5.82 Å². The van der Waals surface area contributed by atoms with Crippen LogP contribution in [0.5, 0.6) is 0 Å². The number of aromatic nitrogens is 2. The molecule has 1 aliphatic carbocycles. The number of aliphatic carboxylic acids is 1. The maximum absolute atomic E-state index is 12.0. The second kappa shape index (κ2) is 6.20. The van der Waals surface area contributed by atoms with E-state index in [0.29, 0.717) is 17.5 Å². The topological polar surface area (TPSA) is 83.0 Å². The van der Waals surface area contributed by atoms with Crippen molar-refractivity contribution in [1.29, 1.82) is 0 Å². The second-order valence-electron chi connectivity index (χ2n) is 5.72. The maximum Gasteiger partial charge on any atom is 0.308 e. The summed E-state index contributed by atoms with van der Waals surface area (Å²) in [6.45, 7) is 3.92. The van der Waals surface area contributed by atoms with Crippen molar-refractivity contribution in [3.8, 4) is 0 Å². The zero-order valence-electron chi connectivity index (χ0n) is 12.1. The van der Waals surface area contributed by atoms with Gasteiger partial charge in [-0.3, -0.25) is 9.59 Å². The van der Waals surface area contributed by atoms with Crippen LogP contribution in [-0.2, 0) is 11.2 Å². The zero-order chi connectivity index (χ0) is 14.7. The molecule has 1 saturated carbocycles. The first-order valence-electron chi connectivity index (χ1n) is 7.32. The molecule has 0 aromatic carbocycles. The molecule has 1 heterocycles. The molecule has 110 valence electrons. The lowest BCUT2D eigenvalue weighted by Crippen LogP contribution is -2.24. The van der Waals surface area contributed by atoms with Gasteiger partial charge in [-0.2, -0.15) is 0 Å². The largest absolute Gasteiger partial charge is 0.481 e. The fraction of sp³-hybridized carbons (Fsp3) is 0.667. The zero-order valence-corrected chi connectivity index (χ0v) is 12.1. The molecular weight excluding hydrogens is 256 g/mol. The third-order valence-corrected chi connectivity index (χ3v) is 4.32. The Morgan fingerprint density at radius 1 is 1.45 bits per heavy atom. The standard InChI is InChI=1S/C15H22N2O3/c1-3-10-5-4-6-11(7-10)14-16-9(2)12(8-13(18)19)15(20)17-14/h10-11H,3-8H2,1-2H3,(H,18,19)(H,16,17,20). The number of carbonyl (C=O) groups is 1. The molecular formula is C15H22N2O3. The average Bonchev–Trinajstić information content (AvgIpc) is 2.42. The summed E-state index contributed by atoms with van der Waals surface area (Å²) < 4.78 is 0. The summed E-state index contributed by atoms with van der Waals surface area (Å²) in [6.07, 6.45) is 5.44. The SMILES string of the molecule is CCC1CCCC(c2nc(C)c(CC(=O)O)c(=O)[nH]2)C1. The van der Waals surface area contributed by atoms with E-state index in [1.165, 1.54) is 12.8 Å². The van der Waals surface area contributed by atoms with Crippen molar-refractivity contribution < 1.29 is 9.90 Å². The van der Waals surface area contributed by atoms with Crippen LogP contribution in [0.15, 0.2) is 4.79 Å². The van der Waals surface area contributed by atoms with Gasteiger partial charge in [0.15, 0.2) is 0 Å². The summed E-state index contributed by atoms with van der Waals surface area (Å²) in [7, 11) is 0. The first-order chi connectivity index (χ1) is 9.51. The van der Waals surface area contributed by atoms with Crippen LogP contribution in [-0.4, -0.2) is 21.0 Å². The number of nitrogens with one attached hydrogen (secondary N) is 1. The van der Waals surface area contributed by atoms with E-state index in [1.807, 2.05) is 0 Å². The monoisotopic (exact) mass is 278 g/mol. The van der Waals surface area contributed by atoms with Gasteiger partial charge in [0, 0.05) is 17.2 Å². The molecule has 0 saturated heterocycles. The molecule has 2 unspecified atom stereocenters. The summed E-state index contributed by atoms with van der Waals surface area (Å²) in [5, 5.41) is 8.82. The van der Waals surface area contributed by atoms with Crippen LogP contribution < -0.4 is 5.56 Å². The van der Waals surface area contributed by atoms with Crippen LogP contribution >= 0.6 is 0 Å². The quantitative estimate of drug-likeness (QED) is 0.885. The Labute approximate surface area is 118 Å². The number of hydrogen-bond acceptors (Lipinski definition) is 3. The van der Waals surface area contributed by atoms with E-state index in [-0.39, 0.29) is 17.5 Å². The molecule has 0 bridgehead atoms. The summed E-state index contributed by atoms with van der Waals surface area (Å²) in [5.41, 5.74) is 0.516. The molecule has 5 nitrogen and oxygen atoms in total. The normalized spacial score (nSPS) is 22.7. The van der Waals surface area contributed by atoms with Crippen molar-refractivity contribution in [2.45, 2.75) is 58.3 Å². The molecule has 1 aromatic rings. The van der Waals surface area contributed by atoms with Gasteiger partial charge >= 0.3 is 5.97 Å². The smallest absolute Gasteiger partial charge is 0.308 e. The van der Waals surface area contributed by atoms with Crippen molar-refractivity contribution in [1.82, 2.24) is 9.97 Å². The van der Waals surface area contributed by atoms with Gasteiger partial charge in [0.25, 0.3) is 5.56 Å². The molecule has 2 rings (SSSR count). The predicted octanol–water partition coefficient (Wildman–Crippen LogP) is 2.39. The van der Waals surface area contributed by atoms with Gasteiger partial charge in [-0.15, -0.1) is 0 Å². The molecule has 0 radical (unpaired) electrons. The number of hydrogen-bond donors (Lipinski definition) is 2. The van der Waals surface area contributed by atoms with Gasteiger partial charge in [0.2, 0.25) is 0 Å². The van der Waals surface area contributed by atoms with Crippen LogP contribution in [0.4, 0.5) is 0 Å². The highest BCUT2D eigenvalue weighted by atomic mass is 16.4. The van der Waals surface area contributed by atoms with Crippen molar-refractivity contribution >= 4 is 5.97 Å². The van der Waals surface area contributed by atoms with Gasteiger partial charge in [-0.25, -0.2) is 4.98 Å². The Morgan fingerprint density at radius 2 is 2.20 bits per heavy atom. The Balaban J connectivity index is 2.25. The van der Waals surface area contributed by atoms with Gasteiger partial charge < -0.3 is 10.1 Å². The van der Waals surface area contributed by atoms with Crippen LogP contribution in [0.3, 0.4) is 0 Å². The van der Waals surface area contributed by atoms with E-state index >= 15 is 0 Å². The Morgan fingerprint density at radius 3 is 2.80 bits per heavy atom. The predicted molar refractivity (Wildman–Crippen MR) is 75.9 cm³/mol. The number of carboxylic acids is 1. The molecule has 20 heavy (non-hydrogen) atoms. The van der Waals surface area contributed by atoms with Crippen molar-refractivity contribution in [3.63, 3.8) is 0 Å². The van der Waals surface area contributed by atoms with Crippen LogP contribution in [0.25, 0.3) is 0 Å². The molecule has 2 atom stereocenters. The maximum atomic E-state index is 12.0. The molecule has 1 fully saturated rings. The molecule has 0 spiro atoms. The van der Waals surface area contributed by atoms with Gasteiger partial charge in [0.05, 0.1) is 6.42 Å². The Hall–Kier alpha value is -1.65. The number of aryl methyl sites for hydroxylation is 1. The van der Waals surface area contributed by atoms with Crippen LogP contribution in [0.2, 0.25) is 0 Å². The highest BCUT2D eigenvalue weighted by Gasteiger charge is 2.24. The van der Waals surface area contributed by atoms with E-state index in [2.05, 4.69) is 16.9 Å². The number of aromatic amines is 1. The lowest BCUT2D eigenvalue weighted by atomic mass is 9.80. The molecule has 1 aromatic heterocycles. The first kappa shape index (κ1) is 14.8. The van der Waals surface area contributed by atoms with Crippen molar-refractivity contribution in [2.75, 3.05) is 0 Å². The minimum absolute atomic E-state index is 0.267. The number of nitrogens with zero attached hydrogens (tertiary/aromatic N) is 1. The second-order valence-corrected chi connectivity index (χ2v) is 5.72. The third kappa shape index (κ3) is 3.26. The van der Waals surface area contributed by atoms with Crippen LogP contribution in [0.1, 0.15) is 62.0 Å². The van der Waals surface area contributed by atoms with E-state index in [0.717, 1.165) is 25.1 Å². The fourth-order valence-electron chi connectivity index (χ4n) is 3.10. The lowest BCUT2D eigenvalue weighted by Gasteiger charge is -2.27. The van der Waals surface area contributed by atoms with Gasteiger partial charge in [-0.1, -0.05) is 26.2 Å². The Bertz CT molecular complexity index is 551. The summed E-state index contributed by atoms with van der Waals surface area (Å²) in [6, 6.07) is 0. The van der Waals surface area contributed by atoms with E-state index in [9.17, 15) is 9.59 Å². The lowest BCUT2D eigenvalue weighted by molar-refractivity contribution is -0.136. The minimum atomic E-state index is -1.00. The number of carboxylic acid groups (broad SMARTS) is 1. The van der Waals surface area contributed by atoms with Crippen molar-refractivity contribution in [2.24, 2.45) is 5.92 Å². The number of rotatable bonds is 4. The van der Waals surface area contributed by atoms with Crippen molar-refractivity contribution in [3.05, 3.63) is 27.4 Å². The highest BCUT2D eigenvalue weighted by molar-refractivity contribution is 5.70. The fourth-order valence-corrected chi connectivity index (χ4v) is 3.10. The van der Waals surface area contributed by atoms with E-state index in [4.69, 9.17) is 5.11 Å². The molecule has 0 amide bonds. The van der Waals surface area contributed by atoms with Crippen LogP contribution in [0, 0.1) is 12.8 Å². The van der Waals surface area contributed by atoms with E-state index in [1.54, 1.807) is 6.92 Å². The molecule has 5 heteroatoms. The number of H-pyrrole nitrogens is 1. The molecule has 1 aliphatic rings. The third-order valence-electron chi connectivity index (χ3n) is 4.32. The average molecular weight is 278 g/mol. The van der Waals surface area contributed by atoms with Gasteiger partial charge in [-0.05, 0) is 25.7 Å². The van der Waals surface area contributed by atoms with E-state index < -0.39 is 5.97 Å². The summed E-state index contributed by atoms with van der Waals surface area (Å²) in [5.74, 6) is 0.744. The summed E-state index contributed by atoms with van der Waals surface area (Å²) in [4.78, 5) is 30.1. The first-order valence-corrected chi connectivity index (χ1v) is 7.32. The minimum Gasteiger partial charge on any atom is -0.481 e. The highest BCUT2D eigenvalue weighted by Crippen LogP contribution is 2.35. The molecule has 0 aliphatic heterocycles. The summed E-state index contributed by atoms with van der Waals surface area (Å²) >= 11 is 0. The Kier molecular flexibility index (Phi) is 4.57.